The molecular formula is C20H20N2O3S2. The molecule has 0 saturated heterocycles. The van der Waals surface area contributed by atoms with E-state index >= 15 is 0 Å². The Balaban J connectivity index is 2.02. The topological polar surface area (TPSA) is 72.2 Å². The van der Waals surface area contributed by atoms with Crippen molar-refractivity contribution in [1.82, 2.24) is 9.55 Å². The molecule has 0 amide bonds. The van der Waals surface area contributed by atoms with Gasteiger partial charge in [0.15, 0.2) is 5.16 Å². The van der Waals surface area contributed by atoms with Gasteiger partial charge >= 0.3 is 5.97 Å². The molecule has 3 rings (SSSR count). The first-order chi connectivity index (χ1) is 13.0. The molecule has 0 saturated carbocycles. The molecule has 7 heteroatoms. The Morgan fingerprint density at radius 2 is 2.11 bits per heavy atom. The number of fused-ring (bicyclic) bond motifs is 1. The van der Waals surface area contributed by atoms with Gasteiger partial charge in [-0.1, -0.05) is 47.7 Å². The van der Waals surface area contributed by atoms with Crippen molar-refractivity contribution in [2.75, 3.05) is 5.75 Å². The SMILES string of the molecule is C=CCn1c(SCCCC(=O)O)nc2scc(-c3ccc(C)cc3)c2c1=O. The number of aliphatic carboxylic acids is 1. The largest absolute Gasteiger partial charge is 0.481 e. The van der Waals surface area contributed by atoms with Crippen LogP contribution < -0.4 is 5.56 Å². The predicted molar refractivity (Wildman–Crippen MR) is 112 cm³/mol. The standard InChI is InChI=1S/C20H20N2O3S2/c1-3-10-22-19(25)17-15(14-8-6-13(2)7-9-14)12-27-18(17)21-20(22)26-11-4-5-16(23)24/h3,6-9,12H,1,4-5,10-11H2,2H3,(H,23,24). The minimum Gasteiger partial charge on any atom is -0.481 e. The number of rotatable bonds is 8. The summed E-state index contributed by atoms with van der Waals surface area (Å²) in [5.41, 5.74) is 2.98. The highest BCUT2D eigenvalue weighted by molar-refractivity contribution is 7.99. The fraction of sp³-hybridized carbons (Fsp3) is 0.250. The first-order valence-electron chi connectivity index (χ1n) is 8.56. The van der Waals surface area contributed by atoms with E-state index in [0.29, 0.717) is 34.1 Å². The summed E-state index contributed by atoms with van der Waals surface area (Å²) in [7, 11) is 0. The molecule has 1 N–H and O–H groups in total. The lowest BCUT2D eigenvalue weighted by Gasteiger charge is -2.10. The number of hydrogen-bond donors (Lipinski definition) is 1. The Labute approximate surface area is 165 Å². The summed E-state index contributed by atoms with van der Waals surface area (Å²) in [6, 6.07) is 8.09. The third kappa shape index (κ3) is 4.31. The first kappa shape index (κ1) is 19.4. The molecule has 0 fully saturated rings. The predicted octanol–water partition coefficient (Wildman–Crippen LogP) is 4.58. The van der Waals surface area contributed by atoms with Crippen LogP contribution in [0.15, 0.2) is 52.3 Å². The highest BCUT2D eigenvalue weighted by Gasteiger charge is 2.17. The molecule has 3 aromatic rings. The van der Waals surface area contributed by atoms with Crippen LogP contribution in [0.4, 0.5) is 0 Å². The van der Waals surface area contributed by atoms with E-state index in [1.165, 1.54) is 28.7 Å². The maximum absolute atomic E-state index is 13.2. The van der Waals surface area contributed by atoms with Crippen molar-refractivity contribution in [2.24, 2.45) is 0 Å². The number of thiophene rings is 1. The summed E-state index contributed by atoms with van der Waals surface area (Å²) in [6.45, 7) is 6.14. The van der Waals surface area contributed by atoms with Gasteiger partial charge in [0.2, 0.25) is 0 Å². The number of thioether (sulfide) groups is 1. The zero-order valence-electron chi connectivity index (χ0n) is 15.0. The van der Waals surface area contributed by atoms with Gasteiger partial charge in [-0.3, -0.25) is 14.2 Å². The average Bonchev–Trinajstić information content (AvgIpc) is 3.06. The van der Waals surface area contributed by atoms with Crippen molar-refractivity contribution < 1.29 is 9.90 Å². The van der Waals surface area contributed by atoms with Gasteiger partial charge in [0.25, 0.3) is 5.56 Å². The molecule has 0 atom stereocenters. The molecule has 27 heavy (non-hydrogen) atoms. The summed E-state index contributed by atoms with van der Waals surface area (Å²) in [5, 5.41) is 12.0. The summed E-state index contributed by atoms with van der Waals surface area (Å²) < 4.78 is 1.62. The van der Waals surface area contributed by atoms with Crippen LogP contribution in [0.1, 0.15) is 18.4 Å². The summed E-state index contributed by atoms with van der Waals surface area (Å²) in [4.78, 5) is 29.2. The molecule has 140 valence electrons. The van der Waals surface area contributed by atoms with Crippen LogP contribution in [0.2, 0.25) is 0 Å². The summed E-state index contributed by atoms with van der Waals surface area (Å²) in [5.74, 6) is -0.221. The molecule has 2 heterocycles. The normalized spacial score (nSPS) is 11.0. The molecule has 0 aliphatic rings. The number of benzene rings is 1. The highest BCUT2D eigenvalue weighted by Crippen LogP contribution is 2.32. The van der Waals surface area contributed by atoms with Gasteiger partial charge in [-0.15, -0.1) is 17.9 Å². The highest BCUT2D eigenvalue weighted by atomic mass is 32.2. The smallest absolute Gasteiger partial charge is 0.303 e. The van der Waals surface area contributed by atoms with Crippen molar-refractivity contribution in [3.63, 3.8) is 0 Å². The zero-order chi connectivity index (χ0) is 19.4. The fourth-order valence-corrected chi connectivity index (χ4v) is 4.67. The van der Waals surface area contributed by atoms with E-state index < -0.39 is 5.97 Å². The van der Waals surface area contributed by atoms with Crippen LogP contribution in [0.5, 0.6) is 0 Å². The molecule has 0 radical (unpaired) electrons. The van der Waals surface area contributed by atoms with Gasteiger partial charge in [0.05, 0.1) is 5.39 Å². The number of carbonyl (C=O) groups is 1. The lowest BCUT2D eigenvalue weighted by molar-refractivity contribution is -0.137. The van der Waals surface area contributed by atoms with E-state index in [9.17, 15) is 9.59 Å². The van der Waals surface area contributed by atoms with E-state index in [0.717, 1.165) is 11.1 Å². The number of aromatic nitrogens is 2. The van der Waals surface area contributed by atoms with E-state index in [4.69, 9.17) is 5.11 Å². The van der Waals surface area contributed by atoms with Crippen LogP contribution >= 0.6 is 23.1 Å². The lowest BCUT2D eigenvalue weighted by Crippen LogP contribution is -2.22. The molecule has 2 aromatic heterocycles. The monoisotopic (exact) mass is 400 g/mol. The van der Waals surface area contributed by atoms with E-state index in [1.54, 1.807) is 10.6 Å². The maximum Gasteiger partial charge on any atom is 0.303 e. The lowest BCUT2D eigenvalue weighted by atomic mass is 10.1. The van der Waals surface area contributed by atoms with Gasteiger partial charge in [-0.05, 0) is 18.9 Å². The zero-order valence-corrected chi connectivity index (χ0v) is 16.6. The molecule has 5 nitrogen and oxygen atoms in total. The summed E-state index contributed by atoms with van der Waals surface area (Å²) in [6.07, 6.45) is 2.31. The molecule has 0 bridgehead atoms. The second kappa shape index (κ2) is 8.54. The molecule has 1 aromatic carbocycles. The van der Waals surface area contributed by atoms with E-state index in [-0.39, 0.29) is 12.0 Å². The molecule has 0 unspecified atom stereocenters. The van der Waals surface area contributed by atoms with E-state index in [1.807, 2.05) is 36.6 Å². The Hall–Kier alpha value is -2.38. The van der Waals surface area contributed by atoms with Crippen molar-refractivity contribution in [3.05, 3.63) is 58.2 Å². The van der Waals surface area contributed by atoms with Crippen molar-refractivity contribution in [1.29, 1.82) is 0 Å². The van der Waals surface area contributed by atoms with Crippen LogP contribution in [0.3, 0.4) is 0 Å². The number of allylic oxidation sites excluding steroid dienone is 1. The molecule has 0 aliphatic heterocycles. The number of hydrogen-bond acceptors (Lipinski definition) is 5. The number of aryl methyl sites for hydroxylation is 1. The van der Waals surface area contributed by atoms with Crippen molar-refractivity contribution in [2.45, 2.75) is 31.5 Å². The maximum atomic E-state index is 13.2. The second-order valence-corrected chi connectivity index (χ2v) is 8.06. The van der Waals surface area contributed by atoms with Gasteiger partial charge in [0.1, 0.15) is 4.83 Å². The van der Waals surface area contributed by atoms with Gasteiger partial charge in [0, 0.05) is 29.7 Å². The summed E-state index contributed by atoms with van der Waals surface area (Å²) >= 11 is 2.87. The quantitative estimate of drug-likeness (QED) is 0.259. The Morgan fingerprint density at radius 3 is 2.78 bits per heavy atom. The Morgan fingerprint density at radius 1 is 1.37 bits per heavy atom. The number of carboxylic acid groups (broad SMARTS) is 1. The molecule has 0 aliphatic carbocycles. The average molecular weight is 401 g/mol. The third-order valence-electron chi connectivity index (χ3n) is 4.10. The van der Waals surface area contributed by atoms with Crippen LogP contribution in [-0.4, -0.2) is 26.4 Å². The number of carboxylic acids is 1. The Bertz CT molecular complexity index is 1040. The van der Waals surface area contributed by atoms with E-state index in [2.05, 4.69) is 11.6 Å². The first-order valence-corrected chi connectivity index (χ1v) is 10.4. The fourth-order valence-electron chi connectivity index (χ4n) is 2.74. The van der Waals surface area contributed by atoms with Crippen LogP contribution in [0.25, 0.3) is 21.3 Å². The van der Waals surface area contributed by atoms with Crippen molar-refractivity contribution >= 4 is 39.3 Å². The Kier molecular flexibility index (Phi) is 6.13. The number of nitrogens with zero attached hydrogens (tertiary/aromatic N) is 2. The third-order valence-corrected chi connectivity index (χ3v) is 6.03. The second-order valence-electron chi connectivity index (χ2n) is 6.14. The van der Waals surface area contributed by atoms with Crippen molar-refractivity contribution in [3.8, 4) is 11.1 Å². The molecule has 0 spiro atoms. The van der Waals surface area contributed by atoms with Gasteiger partial charge < -0.3 is 5.11 Å². The minimum atomic E-state index is -0.816. The molecular weight excluding hydrogens is 380 g/mol. The van der Waals surface area contributed by atoms with Crippen LogP contribution in [0, 0.1) is 6.92 Å². The van der Waals surface area contributed by atoms with Gasteiger partial charge in [-0.25, -0.2) is 4.98 Å². The minimum absolute atomic E-state index is 0.0857. The van der Waals surface area contributed by atoms with Crippen LogP contribution in [-0.2, 0) is 11.3 Å². The van der Waals surface area contributed by atoms with Gasteiger partial charge in [-0.2, -0.15) is 0 Å².